The summed E-state index contributed by atoms with van der Waals surface area (Å²) in [4.78, 5) is 0. The second kappa shape index (κ2) is 4.29. The zero-order valence-corrected chi connectivity index (χ0v) is 9.60. The largest absolute Gasteiger partial charge is 0.491 e. The molecule has 2 nitrogen and oxygen atoms in total. The van der Waals surface area contributed by atoms with E-state index in [1.807, 2.05) is 12.2 Å². The van der Waals surface area contributed by atoms with Crippen molar-refractivity contribution in [3.05, 3.63) is 22.4 Å². The van der Waals surface area contributed by atoms with Crippen LogP contribution in [0.2, 0.25) is 0 Å². The summed E-state index contributed by atoms with van der Waals surface area (Å²) < 4.78 is 6.58. The predicted molar refractivity (Wildman–Crippen MR) is 56.6 cm³/mol. The Bertz CT molecular complexity index is 236. The third kappa shape index (κ3) is 4.48. The first kappa shape index (κ1) is 10.8. The standard InChI is InChI=1S/C10H15BrO2/c1-10(2,12)7-13-9-5-3-4-8(11)6-9/h5-6,12H,3-4,7H2,1-2H3. The number of ether oxygens (including phenoxy) is 1. The highest BCUT2D eigenvalue weighted by Gasteiger charge is 2.14. The van der Waals surface area contributed by atoms with Gasteiger partial charge in [0.1, 0.15) is 12.4 Å². The summed E-state index contributed by atoms with van der Waals surface area (Å²) in [5, 5.41) is 9.43. The van der Waals surface area contributed by atoms with E-state index in [-0.39, 0.29) is 0 Å². The molecule has 13 heavy (non-hydrogen) atoms. The van der Waals surface area contributed by atoms with Gasteiger partial charge >= 0.3 is 0 Å². The van der Waals surface area contributed by atoms with Crippen molar-refractivity contribution >= 4 is 15.9 Å². The van der Waals surface area contributed by atoms with E-state index in [1.165, 1.54) is 0 Å². The van der Waals surface area contributed by atoms with Crippen LogP contribution in [0.15, 0.2) is 22.4 Å². The van der Waals surface area contributed by atoms with Crippen molar-refractivity contribution in [1.29, 1.82) is 0 Å². The van der Waals surface area contributed by atoms with E-state index in [4.69, 9.17) is 4.74 Å². The average Bonchev–Trinajstić information content (AvgIpc) is 2.00. The Morgan fingerprint density at radius 1 is 1.62 bits per heavy atom. The van der Waals surface area contributed by atoms with Crippen LogP contribution in [0.3, 0.4) is 0 Å². The molecule has 0 amide bonds. The van der Waals surface area contributed by atoms with Gasteiger partial charge < -0.3 is 9.84 Å². The molecule has 3 heteroatoms. The number of hydrogen-bond donors (Lipinski definition) is 1. The zero-order chi connectivity index (χ0) is 9.90. The minimum atomic E-state index is -0.765. The van der Waals surface area contributed by atoms with Gasteiger partial charge in [0.05, 0.1) is 5.60 Å². The summed E-state index contributed by atoms with van der Waals surface area (Å²) in [6.07, 6.45) is 6.03. The molecule has 0 aromatic carbocycles. The lowest BCUT2D eigenvalue weighted by Gasteiger charge is -2.19. The van der Waals surface area contributed by atoms with Crippen molar-refractivity contribution in [2.45, 2.75) is 32.3 Å². The number of halogens is 1. The first-order chi connectivity index (χ1) is 5.97. The lowest BCUT2D eigenvalue weighted by atomic mass is 10.1. The fraction of sp³-hybridized carbons (Fsp3) is 0.600. The van der Waals surface area contributed by atoms with Gasteiger partial charge in [0, 0.05) is 0 Å². The van der Waals surface area contributed by atoms with E-state index >= 15 is 0 Å². The molecule has 0 atom stereocenters. The van der Waals surface area contributed by atoms with Gasteiger partial charge in [0.25, 0.3) is 0 Å². The lowest BCUT2D eigenvalue weighted by molar-refractivity contribution is 0.00543. The third-order valence-electron chi connectivity index (χ3n) is 1.62. The molecule has 0 saturated carbocycles. The van der Waals surface area contributed by atoms with Gasteiger partial charge in [-0.3, -0.25) is 0 Å². The van der Waals surface area contributed by atoms with E-state index in [2.05, 4.69) is 15.9 Å². The van der Waals surface area contributed by atoms with Crippen LogP contribution in [0.1, 0.15) is 26.7 Å². The molecule has 1 rings (SSSR count). The van der Waals surface area contributed by atoms with Crippen LogP contribution in [0.25, 0.3) is 0 Å². The lowest BCUT2D eigenvalue weighted by Crippen LogP contribution is -2.25. The molecule has 0 saturated heterocycles. The molecule has 0 fully saturated rings. The van der Waals surface area contributed by atoms with Crippen molar-refractivity contribution in [2.75, 3.05) is 6.61 Å². The molecule has 0 aromatic heterocycles. The maximum atomic E-state index is 9.43. The molecule has 1 aliphatic carbocycles. The summed E-state index contributed by atoms with van der Waals surface area (Å²) in [6, 6.07) is 0. The second-order valence-corrected chi connectivity index (χ2v) is 4.86. The summed E-state index contributed by atoms with van der Waals surface area (Å²) in [5.41, 5.74) is -0.765. The Labute approximate surface area is 87.4 Å². The SMILES string of the molecule is CC(C)(O)COC1=CCCC(Br)=C1. The molecule has 0 bridgehead atoms. The number of aliphatic hydroxyl groups is 1. The molecular formula is C10H15BrO2. The van der Waals surface area contributed by atoms with E-state index in [0.29, 0.717) is 6.61 Å². The Morgan fingerprint density at radius 3 is 2.85 bits per heavy atom. The van der Waals surface area contributed by atoms with Crippen LogP contribution in [-0.4, -0.2) is 17.3 Å². The van der Waals surface area contributed by atoms with Gasteiger partial charge in [0.2, 0.25) is 0 Å². The van der Waals surface area contributed by atoms with E-state index in [0.717, 1.165) is 23.1 Å². The normalized spacial score (nSPS) is 17.8. The maximum absolute atomic E-state index is 9.43. The smallest absolute Gasteiger partial charge is 0.116 e. The molecule has 0 aromatic rings. The van der Waals surface area contributed by atoms with E-state index in [9.17, 15) is 5.11 Å². The summed E-state index contributed by atoms with van der Waals surface area (Å²) in [6.45, 7) is 3.79. The minimum Gasteiger partial charge on any atom is -0.491 e. The molecule has 0 radical (unpaired) electrons. The molecule has 74 valence electrons. The topological polar surface area (TPSA) is 29.5 Å². The van der Waals surface area contributed by atoms with Gasteiger partial charge in [-0.15, -0.1) is 0 Å². The quantitative estimate of drug-likeness (QED) is 0.830. The summed E-state index contributed by atoms with van der Waals surface area (Å²) in [7, 11) is 0. The van der Waals surface area contributed by atoms with Crippen LogP contribution in [-0.2, 0) is 4.74 Å². The monoisotopic (exact) mass is 246 g/mol. The van der Waals surface area contributed by atoms with Crippen LogP contribution < -0.4 is 0 Å². The van der Waals surface area contributed by atoms with Gasteiger partial charge in [-0.25, -0.2) is 0 Å². The van der Waals surface area contributed by atoms with E-state index in [1.54, 1.807) is 13.8 Å². The summed E-state index contributed by atoms with van der Waals surface area (Å²) >= 11 is 3.43. The number of allylic oxidation sites excluding steroid dienone is 3. The Morgan fingerprint density at radius 2 is 2.31 bits per heavy atom. The zero-order valence-electron chi connectivity index (χ0n) is 8.01. The van der Waals surface area contributed by atoms with Crippen LogP contribution >= 0.6 is 15.9 Å². The first-order valence-corrected chi connectivity index (χ1v) is 5.18. The summed E-state index contributed by atoms with van der Waals surface area (Å²) in [5.74, 6) is 0.847. The van der Waals surface area contributed by atoms with Crippen molar-refractivity contribution in [2.24, 2.45) is 0 Å². The number of rotatable bonds is 3. The van der Waals surface area contributed by atoms with Gasteiger partial charge in [-0.2, -0.15) is 0 Å². The molecule has 0 spiro atoms. The maximum Gasteiger partial charge on any atom is 0.116 e. The van der Waals surface area contributed by atoms with Crippen molar-refractivity contribution in [3.63, 3.8) is 0 Å². The molecule has 1 aliphatic rings. The molecule has 0 heterocycles. The van der Waals surface area contributed by atoms with Crippen LogP contribution in [0, 0.1) is 0 Å². The second-order valence-electron chi connectivity index (χ2n) is 3.84. The fourth-order valence-electron chi connectivity index (χ4n) is 0.998. The molecule has 0 aliphatic heterocycles. The highest BCUT2D eigenvalue weighted by atomic mass is 79.9. The van der Waals surface area contributed by atoms with Crippen LogP contribution in [0.5, 0.6) is 0 Å². The third-order valence-corrected chi connectivity index (χ3v) is 2.25. The van der Waals surface area contributed by atoms with Gasteiger partial charge in [-0.05, 0) is 43.3 Å². The van der Waals surface area contributed by atoms with Crippen molar-refractivity contribution in [1.82, 2.24) is 0 Å². The van der Waals surface area contributed by atoms with Gasteiger partial charge in [0.15, 0.2) is 0 Å². The highest BCUT2D eigenvalue weighted by Crippen LogP contribution is 2.22. The van der Waals surface area contributed by atoms with Gasteiger partial charge in [-0.1, -0.05) is 15.9 Å². The minimum absolute atomic E-state index is 0.329. The Hall–Kier alpha value is -0.280. The first-order valence-electron chi connectivity index (χ1n) is 4.39. The average molecular weight is 247 g/mol. The fourth-order valence-corrected chi connectivity index (χ4v) is 1.45. The molecular weight excluding hydrogens is 232 g/mol. The number of hydrogen-bond acceptors (Lipinski definition) is 2. The highest BCUT2D eigenvalue weighted by molar-refractivity contribution is 9.11. The van der Waals surface area contributed by atoms with E-state index < -0.39 is 5.60 Å². The van der Waals surface area contributed by atoms with Crippen molar-refractivity contribution < 1.29 is 9.84 Å². The molecule has 1 N–H and O–H groups in total. The van der Waals surface area contributed by atoms with Crippen molar-refractivity contribution in [3.8, 4) is 0 Å². The predicted octanol–water partition coefficient (Wildman–Crippen LogP) is 2.73. The Kier molecular flexibility index (Phi) is 3.56. The van der Waals surface area contributed by atoms with Crippen LogP contribution in [0.4, 0.5) is 0 Å². The Balaban J connectivity index is 2.42. The molecule has 0 unspecified atom stereocenters.